The van der Waals surface area contributed by atoms with Crippen molar-refractivity contribution in [2.45, 2.75) is 0 Å². The van der Waals surface area contributed by atoms with Crippen molar-refractivity contribution in [3.05, 3.63) is 121 Å². The summed E-state index contributed by atoms with van der Waals surface area (Å²) < 4.78 is 60.7. The first-order valence-electron chi connectivity index (χ1n) is 10.1. The Balaban J connectivity index is 1.78. The van der Waals surface area contributed by atoms with Crippen molar-refractivity contribution in [2.24, 2.45) is 0 Å². The first-order chi connectivity index (χ1) is 16.6. The van der Waals surface area contributed by atoms with Gasteiger partial charge < -0.3 is 0 Å². The zero-order valence-corrected chi connectivity index (χ0v) is 25.7. The summed E-state index contributed by atoms with van der Waals surface area (Å²) in [4.78, 5) is 0. The van der Waals surface area contributed by atoms with Gasteiger partial charge in [0.1, 0.15) is 0 Å². The van der Waals surface area contributed by atoms with Crippen LogP contribution in [0.5, 0.6) is 0 Å². The molecule has 0 aromatic heterocycles. The Morgan fingerprint density at radius 3 is 0.971 bits per heavy atom. The second-order valence-electron chi connectivity index (χ2n) is 6.82. The van der Waals surface area contributed by atoms with Gasteiger partial charge in [0.15, 0.2) is 0 Å². The molecule has 3 unspecified atom stereocenters. The van der Waals surface area contributed by atoms with Gasteiger partial charge in [0.05, 0.1) is 0 Å². The third-order valence-electron chi connectivity index (χ3n) is 4.49. The van der Waals surface area contributed by atoms with E-state index in [0.717, 1.165) is 0 Å². The van der Waals surface area contributed by atoms with Gasteiger partial charge in [0.2, 0.25) is 0 Å². The van der Waals surface area contributed by atoms with Crippen molar-refractivity contribution >= 4 is 79.1 Å². The standard InChI is InChI=1S/3C6H6O2Se.C6H5.Sn/c3*7-9(8)6-4-2-1-3-5-6;1-2-4-6-5-3-1;/h3*1-5H,(H,7,8);1-5H;/q;;;;+3/p-3. The van der Waals surface area contributed by atoms with E-state index < -0.39 is 62.1 Å². The van der Waals surface area contributed by atoms with Crippen molar-refractivity contribution in [3.8, 4) is 0 Å². The summed E-state index contributed by atoms with van der Waals surface area (Å²) in [5, 5.41) is 0. The normalized spacial score (nSPS) is 15.6. The summed E-state index contributed by atoms with van der Waals surface area (Å²) in [5.74, 6) is 0. The predicted octanol–water partition coefficient (Wildman–Crippen LogP) is 1.36. The summed E-state index contributed by atoms with van der Waals surface area (Å²) in [6.45, 7) is 0. The van der Waals surface area contributed by atoms with Crippen molar-refractivity contribution in [2.75, 3.05) is 0 Å². The fourth-order valence-corrected chi connectivity index (χ4v) is 34.4. The quantitative estimate of drug-likeness (QED) is 0.228. The van der Waals surface area contributed by atoms with E-state index in [4.69, 9.17) is 6.47 Å². The van der Waals surface area contributed by atoms with Gasteiger partial charge in [-0.05, 0) is 0 Å². The molecule has 4 rings (SSSR count). The van der Waals surface area contributed by atoms with Crippen molar-refractivity contribution in [1.29, 1.82) is 0 Å². The second kappa shape index (κ2) is 12.5. The van der Waals surface area contributed by atoms with Gasteiger partial charge in [0, 0.05) is 0 Å². The molecule has 0 aliphatic carbocycles. The molecule has 4 aromatic rings. The molecule has 0 fully saturated rings. The Labute approximate surface area is 216 Å². The number of benzene rings is 4. The molecule has 34 heavy (non-hydrogen) atoms. The van der Waals surface area contributed by atoms with Crippen LogP contribution in [0.1, 0.15) is 0 Å². The van der Waals surface area contributed by atoms with Crippen LogP contribution >= 0.6 is 0 Å². The molecule has 0 saturated carbocycles. The average Bonchev–Trinajstić information content (AvgIpc) is 2.90. The molecule has 10 heteroatoms. The molecule has 174 valence electrons. The first-order valence-corrected chi connectivity index (χ1v) is 21.8. The SMILES string of the molecule is O=[Se]([O][Sn]([O][Se](=O)c1ccccc1)([O][Se](=O)c1ccccc1)[c]1ccccc1)c1ccccc1. The molecule has 6 nitrogen and oxygen atoms in total. The van der Waals surface area contributed by atoms with Crippen LogP contribution in [-0.2, 0) is 18.0 Å². The van der Waals surface area contributed by atoms with Gasteiger partial charge in [0.25, 0.3) is 0 Å². The Bertz CT molecular complexity index is 1150. The van der Waals surface area contributed by atoms with Crippen LogP contribution in [0.4, 0.5) is 0 Å². The summed E-state index contributed by atoms with van der Waals surface area (Å²) in [7, 11) is 0. The topological polar surface area (TPSA) is 78.9 Å². The van der Waals surface area contributed by atoms with E-state index >= 15 is 0 Å². The van der Waals surface area contributed by atoms with Gasteiger partial charge in [-0.15, -0.1) is 0 Å². The van der Waals surface area contributed by atoms with Gasteiger partial charge in [-0.3, -0.25) is 0 Å². The van der Waals surface area contributed by atoms with E-state index in [1.807, 2.05) is 24.3 Å². The maximum atomic E-state index is 13.4. The van der Waals surface area contributed by atoms with Crippen molar-refractivity contribution in [1.82, 2.24) is 0 Å². The fourth-order valence-electron chi connectivity index (χ4n) is 2.87. The molecule has 0 aliphatic rings. The average molecular weight is 760 g/mol. The molecular formula is C24H20O6Se3Sn. The molecule has 0 spiro atoms. The molecule has 3 atom stereocenters. The number of hydrogen-bond donors (Lipinski definition) is 0. The molecule has 4 aromatic carbocycles. The second-order valence-corrected chi connectivity index (χ2v) is 26.0. The van der Waals surface area contributed by atoms with Crippen LogP contribution in [-0.4, -0.2) is 62.1 Å². The minimum atomic E-state index is -5.19. The van der Waals surface area contributed by atoms with Gasteiger partial charge in [-0.1, -0.05) is 0 Å². The van der Waals surface area contributed by atoms with E-state index in [9.17, 15) is 11.5 Å². The Kier molecular flexibility index (Phi) is 9.39. The first kappa shape index (κ1) is 25.6. The molecule has 0 amide bonds. The third-order valence-corrected chi connectivity index (χ3v) is 30.4. The van der Waals surface area contributed by atoms with E-state index in [1.165, 1.54) is 0 Å². The van der Waals surface area contributed by atoms with E-state index in [-0.39, 0.29) is 0 Å². The van der Waals surface area contributed by atoms with Crippen LogP contribution in [0.15, 0.2) is 121 Å². The molecule has 0 radical (unpaired) electrons. The third kappa shape index (κ3) is 6.59. The molecule has 0 heterocycles. The van der Waals surface area contributed by atoms with Crippen LogP contribution < -0.4 is 17.0 Å². The van der Waals surface area contributed by atoms with Gasteiger partial charge in [-0.25, -0.2) is 0 Å². The molecule has 0 bridgehead atoms. The van der Waals surface area contributed by atoms with Crippen LogP contribution in [0.25, 0.3) is 0 Å². The molecule has 0 saturated heterocycles. The molecular weight excluding hydrogens is 740 g/mol. The zero-order chi connectivity index (χ0) is 23.8. The van der Waals surface area contributed by atoms with Gasteiger partial charge >= 0.3 is 218 Å². The molecule has 0 aliphatic heterocycles. The molecule has 0 N–H and O–H groups in total. The van der Waals surface area contributed by atoms with Crippen LogP contribution in [0, 0.1) is 0 Å². The predicted molar refractivity (Wildman–Crippen MR) is 133 cm³/mol. The summed E-state index contributed by atoms with van der Waals surface area (Å²) in [6.07, 6.45) is 0. The van der Waals surface area contributed by atoms with E-state index in [0.29, 0.717) is 17.0 Å². The minimum absolute atomic E-state index is 0.496. The van der Waals surface area contributed by atoms with Crippen molar-refractivity contribution in [3.63, 3.8) is 0 Å². The monoisotopic (exact) mass is 764 g/mol. The Morgan fingerprint density at radius 2 is 0.676 bits per heavy atom. The van der Waals surface area contributed by atoms with E-state index in [1.54, 1.807) is 97.1 Å². The summed E-state index contributed by atoms with van der Waals surface area (Å²) >= 11 is -14.6. The van der Waals surface area contributed by atoms with E-state index in [2.05, 4.69) is 0 Å². The van der Waals surface area contributed by atoms with Crippen LogP contribution in [0.2, 0.25) is 0 Å². The number of hydrogen-bond acceptors (Lipinski definition) is 6. The Hall–Kier alpha value is -1.48. The fraction of sp³-hybridized carbons (Fsp3) is 0. The van der Waals surface area contributed by atoms with Crippen molar-refractivity contribution < 1.29 is 18.0 Å². The van der Waals surface area contributed by atoms with Crippen LogP contribution in [0.3, 0.4) is 0 Å². The zero-order valence-electron chi connectivity index (χ0n) is 17.7. The maximum absolute atomic E-state index is 13.4. The summed E-state index contributed by atoms with van der Waals surface area (Å²) in [5.41, 5.74) is 0. The van der Waals surface area contributed by atoms with Gasteiger partial charge in [-0.2, -0.15) is 0 Å². The number of rotatable bonds is 10. The Morgan fingerprint density at radius 1 is 0.412 bits per heavy atom. The summed E-state index contributed by atoms with van der Waals surface area (Å²) in [6, 6.07) is 35.0.